The molecule has 1 saturated carbocycles. The molecular formula is C14H20F2N2O. The predicted octanol–water partition coefficient (Wildman–Crippen LogP) is 1.81. The Balaban J connectivity index is 1.92. The van der Waals surface area contributed by atoms with Crippen LogP contribution in [0.2, 0.25) is 0 Å². The van der Waals surface area contributed by atoms with E-state index in [9.17, 15) is 8.78 Å². The molecule has 1 unspecified atom stereocenters. The molecular weight excluding hydrogens is 250 g/mol. The van der Waals surface area contributed by atoms with Gasteiger partial charge in [0.05, 0.1) is 6.61 Å². The van der Waals surface area contributed by atoms with Crippen LogP contribution in [0.1, 0.15) is 30.9 Å². The maximum atomic E-state index is 13.6. The van der Waals surface area contributed by atoms with E-state index < -0.39 is 17.7 Å². The minimum Gasteiger partial charge on any atom is -0.395 e. The van der Waals surface area contributed by atoms with Crippen molar-refractivity contribution in [3.8, 4) is 0 Å². The van der Waals surface area contributed by atoms with Gasteiger partial charge in [0.15, 0.2) is 11.6 Å². The van der Waals surface area contributed by atoms with Gasteiger partial charge in [-0.05, 0) is 25.3 Å². The van der Waals surface area contributed by atoms with Gasteiger partial charge in [-0.25, -0.2) is 8.78 Å². The summed E-state index contributed by atoms with van der Waals surface area (Å²) in [5, 5.41) is 8.99. The molecule has 5 heteroatoms. The monoisotopic (exact) mass is 270 g/mol. The second-order valence-electron chi connectivity index (χ2n) is 5.03. The van der Waals surface area contributed by atoms with Gasteiger partial charge in [0.2, 0.25) is 0 Å². The molecule has 1 aliphatic rings. The topological polar surface area (TPSA) is 49.5 Å². The second kappa shape index (κ2) is 6.41. The smallest absolute Gasteiger partial charge is 0.163 e. The first-order chi connectivity index (χ1) is 9.13. The zero-order chi connectivity index (χ0) is 13.8. The Morgan fingerprint density at radius 3 is 2.68 bits per heavy atom. The fourth-order valence-electron chi connectivity index (χ4n) is 2.31. The highest BCUT2D eigenvalue weighted by molar-refractivity contribution is 5.22. The molecule has 1 aromatic rings. The Bertz CT molecular complexity index is 424. The van der Waals surface area contributed by atoms with E-state index in [1.807, 2.05) is 0 Å². The molecule has 1 aliphatic carbocycles. The minimum atomic E-state index is -0.859. The average Bonchev–Trinajstić information content (AvgIpc) is 3.21. The normalized spacial score (nSPS) is 16.9. The molecule has 0 amide bonds. The standard InChI is InChI=1S/C14H20F2N2O/c15-12-3-1-2-11(14(12)16)13(17)6-7-18(8-9-19)10-4-5-10/h1-3,10,13,19H,4-9,17H2. The number of hydrogen-bond donors (Lipinski definition) is 2. The molecule has 106 valence electrons. The quantitative estimate of drug-likeness (QED) is 0.794. The van der Waals surface area contributed by atoms with Crippen LogP contribution in [0.15, 0.2) is 18.2 Å². The first-order valence-electron chi connectivity index (χ1n) is 6.68. The van der Waals surface area contributed by atoms with E-state index >= 15 is 0 Å². The fourth-order valence-corrected chi connectivity index (χ4v) is 2.31. The second-order valence-corrected chi connectivity index (χ2v) is 5.03. The van der Waals surface area contributed by atoms with Crippen molar-refractivity contribution < 1.29 is 13.9 Å². The van der Waals surface area contributed by atoms with Gasteiger partial charge in [-0.1, -0.05) is 12.1 Å². The number of nitrogens with zero attached hydrogens (tertiary/aromatic N) is 1. The van der Waals surface area contributed by atoms with Crippen molar-refractivity contribution in [3.63, 3.8) is 0 Å². The van der Waals surface area contributed by atoms with E-state index in [1.54, 1.807) is 0 Å². The Morgan fingerprint density at radius 2 is 2.05 bits per heavy atom. The van der Waals surface area contributed by atoms with Crippen LogP contribution in [0, 0.1) is 11.6 Å². The maximum absolute atomic E-state index is 13.6. The number of halogens is 2. The van der Waals surface area contributed by atoms with Gasteiger partial charge in [-0.2, -0.15) is 0 Å². The van der Waals surface area contributed by atoms with Gasteiger partial charge < -0.3 is 10.8 Å². The highest BCUT2D eigenvalue weighted by Gasteiger charge is 2.28. The number of rotatable bonds is 7. The summed E-state index contributed by atoms with van der Waals surface area (Å²) in [6, 6.07) is 4.09. The first kappa shape index (κ1) is 14.4. The number of hydrogen-bond acceptors (Lipinski definition) is 3. The molecule has 1 atom stereocenters. The molecule has 0 bridgehead atoms. The Hall–Kier alpha value is -1.04. The van der Waals surface area contributed by atoms with E-state index in [0.717, 1.165) is 18.9 Å². The lowest BCUT2D eigenvalue weighted by molar-refractivity contribution is 0.184. The highest BCUT2D eigenvalue weighted by Crippen LogP contribution is 2.28. The van der Waals surface area contributed by atoms with Crippen LogP contribution in [0.3, 0.4) is 0 Å². The van der Waals surface area contributed by atoms with E-state index in [2.05, 4.69) is 4.90 Å². The van der Waals surface area contributed by atoms with Crippen molar-refractivity contribution >= 4 is 0 Å². The van der Waals surface area contributed by atoms with Crippen LogP contribution >= 0.6 is 0 Å². The summed E-state index contributed by atoms with van der Waals surface area (Å²) in [6.07, 6.45) is 2.84. The van der Waals surface area contributed by atoms with Crippen molar-refractivity contribution in [1.82, 2.24) is 4.90 Å². The summed E-state index contributed by atoms with van der Waals surface area (Å²) in [6.45, 7) is 1.42. The molecule has 0 heterocycles. The zero-order valence-corrected chi connectivity index (χ0v) is 10.9. The summed E-state index contributed by atoms with van der Waals surface area (Å²) < 4.78 is 26.7. The van der Waals surface area contributed by atoms with Crippen molar-refractivity contribution in [3.05, 3.63) is 35.4 Å². The summed E-state index contributed by atoms with van der Waals surface area (Å²) in [7, 11) is 0. The number of aliphatic hydroxyl groups excluding tert-OH is 1. The lowest BCUT2D eigenvalue weighted by atomic mass is 10.0. The summed E-state index contributed by atoms with van der Waals surface area (Å²) in [4.78, 5) is 2.16. The Labute approximate surface area is 112 Å². The Kier molecular flexibility index (Phi) is 4.85. The van der Waals surface area contributed by atoms with Crippen LogP contribution in [0.5, 0.6) is 0 Å². The molecule has 0 saturated heterocycles. The van der Waals surface area contributed by atoms with Gasteiger partial charge in [0.25, 0.3) is 0 Å². The van der Waals surface area contributed by atoms with E-state index in [0.29, 0.717) is 25.6 Å². The van der Waals surface area contributed by atoms with Crippen molar-refractivity contribution in [2.24, 2.45) is 5.73 Å². The maximum Gasteiger partial charge on any atom is 0.163 e. The number of nitrogens with two attached hydrogens (primary N) is 1. The Morgan fingerprint density at radius 1 is 1.32 bits per heavy atom. The fraction of sp³-hybridized carbons (Fsp3) is 0.571. The molecule has 19 heavy (non-hydrogen) atoms. The summed E-state index contributed by atoms with van der Waals surface area (Å²) in [5.41, 5.74) is 6.16. The van der Waals surface area contributed by atoms with Crippen LogP contribution in [-0.4, -0.2) is 35.7 Å². The molecule has 1 aromatic carbocycles. The van der Waals surface area contributed by atoms with E-state index in [4.69, 9.17) is 10.8 Å². The minimum absolute atomic E-state index is 0.111. The lowest BCUT2D eigenvalue weighted by Gasteiger charge is -2.23. The van der Waals surface area contributed by atoms with E-state index in [1.165, 1.54) is 12.1 Å². The summed E-state index contributed by atoms with van der Waals surface area (Å²) >= 11 is 0. The average molecular weight is 270 g/mol. The van der Waals surface area contributed by atoms with Crippen molar-refractivity contribution in [2.45, 2.75) is 31.3 Å². The number of aliphatic hydroxyl groups is 1. The van der Waals surface area contributed by atoms with Gasteiger partial charge >= 0.3 is 0 Å². The van der Waals surface area contributed by atoms with Crippen LogP contribution in [-0.2, 0) is 0 Å². The molecule has 0 aliphatic heterocycles. The largest absolute Gasteiger partial charge is 0.395 e. The third kappa shape index (κ3) is 3.72. The van der Waals surface area contributed by atoms with Gasteiger partial charge in [-0.15, -0.1) is 0 Å². The van der Waals surface area contributed by atoms with Crippen molar-refractivity contribution in [1.29, 1.82) is 0 Å². The van der Waals surface area contributed by atoms with Gasteiger partial charge in [0, 0.05) is 30.7 Å². The zero-order valence-electron chi connectivity index (χ0n) is 10.9. The predicted molar refractivity (Wildman–Crippen MR) is 69.6 cm³/mol. The summed E-state index contributed by atoms with van der Waals surface area (Å²) in [5.74, 6) is -1.71. The third-order valence-electron chi connectivity index (χ3n) is 3.56. The lowest BCUT2D eigenvalue weighted by Crippen LogP contribution is -2.32. The third-order valence-corrected chi connectivity index (χ3v) is 3.56. The highest BCUT2D eigenvalue weighted by atomic mass is 19.2. The first-order valence-corrected chi connectivity index (χ1v) is 6.68. The number of benzene rings is 1. The van der Waals surface area contributed by atoms with Crippen LogP contribution < -0.4 is 5.73 Å². The molecule has 0 radical (unpaired) electrons. The molecule has 2 rings (SSSR count). The molecule has 3 nitrogen and oxygen atoms in total. The van der Waals surface area contributed by atoms with Gasteiger partial charge in [0.1, 0.15) is 0 Å². The molecule has 3 N–H and O–H groups in total. The molecule has 0 aromatic heterocycles. The van der Waals surface area contributed by atoms with E-state index in [-0.39, 0.29) is 12.2 Å². The van der Waals surface area contributed by atoms with Crippen LogP contribution in [0.4, 0.5) is 8.78 Å². The van der Waals surface area contributed by atoms with Crippen molar-refractivity contribution in [2.75, 3.05) is 19.7 Å². The van der Waals surface area contributed by atoms with Crippen LogP contribution in [0.25, 0.3) is 0 Å². The SMILES string of the molecule is NC(CCN(CCO)C1CC1)c1cccc(F)c1F. The van der Waals surface area contributed by atoms with Gasteiger partial charge in [-0.3, -0.25) is 4.90 Å². The molecule has 0 spiro atoms. The molecule has 1 fully saturated rings.